The summed E-state index contributed by atoms with van der Waals surface area (Å²) in [5.74, 6) is -7.16. The van der Waals surface area contributed by atoms with Crippen LogP contribution in [0.15, 0.2) is 34.3 Å². The summed E-state index contributed by atoms with van der Waals surface area (Å²) < 4.78 is 0. The number of nitrogens with one attached hydrogen (secondary N) is 9. The third-order valence-corrected chi connectivity index (χ3v) is 14.2. The molecule has 0 heterocycles. The molecule has 0 spiro atoms. The maximum atomic E-state index is 14.5. The lowest BCUT2D eigenvalue weighted by Gasteiger charge is -2.28. The van der Waals surface area contributed by atoms with Crippen molar-refractivity contribution in [3.8, 4) is 5.75 Å². The summed E-state index contributed by atoms with van der Waals surface area (Å²) in [7, 11) is 0. The van der Waals surface area contributed by atoms with Crippen LogP contribution in [0, 0.1) is 0 Å². The molecule has 28 heteroatoms. The minimum Gasteiger partial charge on any atom is -0.508 e. The number of amides is 10. The van der Waals surface area contributed by atoms with Crippen molar-refractivity contribution in [2.24, 2.45) is 44.4 Å². The third-order valence-electron chi connectivity index (χ3n) is 14.2. The smallest absolute Gasteiger partial charge is 0.243 e. The topological polar surface area (TPSA) is 480 Å². The van der Waals surface area contributed by atoms with Crippen molar-refractivity contribution in [1.29, 1.82) is 0 Å². The zero-order chi connectivity index (χ0) is 65.3. The van der Waals surface area contributed by atoms with Crippen LogP contribution in [0.25, 0.3) is 0 Å². The van der Waals surface area contributed by atoms with Crippen LogP contribution in [0.2, 0.25) is 0 Å². The van der Waals surface area contributed by atoms with Crippen molar-refractivity contribution in [3.05, 3.63) is 29.8 Å². The molecule has 10 amide bonds. The first-order valence-electron chi connectivity index (χ1n) is 31.1. The first kappa shape index (κ1) is 77.2. The molecule has 1 rings (SSSR count). The molecule has 28 nitrogen and oxygen atoms in total. The van der Waals surface area contributed by atoms with Gasteiger partial charge in [0.05, 0.1) is 12.6 Å². The summed E-state index contributed by atoms with van der Waals surface area (Å²) in [4.78, 5) is 146. The van der Waals surface area contributed by atoms with Crippen molar-refractivity contribution in [2.75, 3.05) is 19.6 Å². The predicted octanol–water partition coefficient (Wildman–Crippen LogP) is -0.00970. The van der Waals surface area contributed by atoms with Crippen molar-refractivity contribution >= 4 is 71.0 Å². The number of nitrogens with two attached hydrogens (primary N) is 6. The number of nitrogens with zero attached hydrogens (tertiary/aromatic N) is 2. The van der Waals surface area contributed by atoms with E-state index in [1.165, 1.54) is 12.1 Å². The molecular weight excluding hydrogens is 1120 g/mol. The average Bonchev–Trinajstić information content (AvgIpc) is 3.37. The van der Waals surface area contributed by atoms with E-state index in [-0.39, 0.29) is 95.0 Å². The quantitative estimate of drug-likeness (QED) is 0.0232. The molecule has 0 radical (unpaired) electrons. The number of carbonyl (C=O) groups excluding carboxylic acids is 10. The van der Waals surface area contributed by atoms with Gasteiger partial charge in [0.2, 0.25) is 59.1 Å². The summed E-state index contributed by atoms with van der Waals surface area (Å²) >= 11 is 0. The van der Waals surface area contributed by atoms with Gasteiger partial charge in [0.15, 0.2) is 11.9 Å². The second-order valence-corrected chi connectivity index (χ2v) is 21.9. The maximum absolute atomic E-state index is 14.5. The fourth-order valence-electron chi connectivity index (χ4n) is 9.02. The Hall–Kier alpha value is -7.78. The molecule has 0 bridgehead atoms. The van der Waals surface area contributed by atoms with Crippen molar-refractivity contribution in [3.63, 3.8) is 0 Å². The highest BCUT2D eigenvalue weighted by Gasteiger charge is 2.34. The number of phenolic OH excluding ortho intramolecular Hbond substituents is 1. The maximum Gasteiger partial charge on any atom is 0.243 e. The van der Waals surface area contributed by atoms with E-state index in [4.69, 9.17) is 34.4 Å². The van der Waals surface area contributed by atoms with E-state index in [1.54, 1.807) is 12.1 Å². The van der Waals surface area contributed by atoms with Crippen molar-refractivity contribution < 1.29 is 53.1 Å². The van der Waals surface area contributed by atoms with Crippen LogP contribution >= 0.6 is 0 Å². The molecule has 0 aliphatic rings. The molecule has 0 aromatic heterocycles. The minimum absolute atomic E-state index is 0.0131. The third kappa shape index (κ3) is 33.1. The molecule has 492 valence electrons. The normalized spacial score (nSPS) is 14.1. The lowest BCUT2D eigenvalue weighted by Crippen LogP contribution is -2.60. The largest absolute Gasteiger partial charge is 0.508 e. The van der Waals surface area contributed by atoms with E-state index < -0.39 is 120 Å². The predicted molar refractivity (Wildman–Crippen MR) is 334 cm³/mol. The van der Waals surface area contributed by atoms with Gasteiger partial charge in [0.25, 0.3) is 0 Å². The zero-order valence-corrected chi connectivity index (χ0v) is 52.3. The number of hydrogen-bond donors (Lipinski definition) is 16. The fraction of sp³-hybridized carbons (Fsp3) is 0.695. The number of primary amides is 1. The van der Waals surface area contributed by atoms with E-state index in [1.807, 2.05) is 41.5 Å². The van der Waals surface area contributed by atoms with E-state index >= 15 is 0 Å². The number of aromatic hydroxyl groups is 1. The van der Waals surface area contributed by atoms with E-state index in [0.717, 1.165) is 0 Å². The average molecular weight is 1230 g/mol. The number of hydrogen-bond acceptors (Lipinski definition) is 14. The highest BCUT2D eigenvalue weighted by molar-refractivity contribution is 5.98. The van der Waals surface area contributed by atoms with Crippen molar-refractivity contribution in [1.82, 2.24) is 47.9 Å². The Labute approximate surface area is 513 Å². The fourth-order valence-corrected chi connectivity index (χ4v) is 9.02. The van der Waals surface area contributed by atoms with Crippen LogP contribution < -0.4 is 82.3 Å². The van der Waals surface area contributed by atoms with E-state index in [9.17, 15) is 53.1 Å². The van der Waals surface area contributed by atoms with E-state index in [2.05, 4.69) is 57.8 Å². The number of guanidine groups is 2. The second kappa shape index (κ2) is 44.6. The molecule has 0 saturated heterocycles. The SMILES string of the molecule is CCCC[C@H](NC(=O)[C@H](CCCC)NC(=O)[C@H](CCCC)NC(=O)[C@H](CCCN=C(N)N)NC(=O)[C@H](CCCC)NC(=O)[C@H](CCCC)NC(=O)[C@H](CCCC)NC(=O)[C@@H](N)CCCN=C(N)N)C(=O)NCC(=O)N[C@@H](Cc1ccc(O)cc1)C(N)=O. The van der Waals surface area contributed by atoms with Gasteiger partial charge in [0, 0.05) is 19.5 Å². The van der Waals surface area contributed by atoms with Crippen LogP contribution in [-0.4, -0.2) is 150 Å². The molecule has 1 aromatic carbocycles. The Kier molecular flexibility index (Phi) is 39.6. The molecule has 1 aromatic rings. The number of unbranched alkanes of at least 4 members (excludes halogenated alkanes) is 6. The standard InChI is InChI=1S/C59H105N17O11/c1-7-13-22-40(51(81)68-36-48(78)69-47(49(61)79)35-37-29-31-38(77)32-30-37)71-53(83)42(24-15-9-3)73-55(85)44(26-17-11-5)75-57(87)46(28-20-34-67-59(64)65)76-56(86)45(27-18-12-6)74-54(84)43(25-16-10-4)72-52(82)41(23-14-8-2)70-50(80)39(60)21-19-33-66-58(62)63/h29-32,39-47,77H,7-28,33-36,60H2,1-6H3,(H2,61,79)(H,68,81)(H,69,78)(H,70,80)(H,71,83)(H,72,82)(H,73,85)(H,74,84)(H,75,87)(H,76,86)(H4,62,63,66)(H4,64,65,67)/t39-,40-,41-,42-,43-,44-,45-,46-,47-/m0/s1. The van der Waals surface area contributed by atoms with Crippen LogP contribution in [0.1, 0.15) is 188 Å². The number of aliphatic imine (C=N–C) groups is 2. The summed E-state index contributed by atoms with van der Waals surface area (Å²) in [5, 5.41) is 34.1. The summed E-state index contributed by atoms with van der Waals surface area (Å²) in [6, 6.07) is -4.22. The van der Waals surface area contributed by atoms with Gasteiger partial charge in [-0.05, 0) is 81.9 Å². The first-order valence-corrected chi connectivity index (χ1v) is 31.1. The Morgan fingerprint density at radius 2 is 0.678 bits per heavy atom. The van der Waals surface area contributed by atoms with E-state index in [0.29, 0.717) is 89.0 Å². The molecule has 0 saturated carbocycles. The second-order valence-electron chi connectivity index (χ2n) is 21.9. The molecular formula is C59H105N17O11. The van der Waals surface area contributed by atoms with Crippen molar-refractivity contribution in [2.45, 2.75) is 244 Å². The van der Waals surface area contributed by atoms with Gasteiger partial charge >= 0.3 is 0 Å². The monoisotopic (exact) mass is 1230 g/mol. The number of carbonyl (C=O) groups is 10. The highest BCUT2D eigenvalue weighted by Crippen LogP contribution is 2.14. The molecule has 0 aliphatic carbocycles. The molecule has 0 fully saturated rings. The lowest BCUT2D eigenvalue weighted by molar-refractivity contribution is -0.136. The Morgan fingerprint density at radius 1 is 0.391 bits per heavy atom. The Morgan fingerprint density at radius 3 is 0.977 bits per heavy atom. The van der Waals surface area contributed by atoms with Gasteiger partial charge < -0.3 is 87.4 Å². The van der Waals surface area contributed by atoms with Gasteiger partial charge in [-0.1, -0.05) is 131 Å². The zero-order valence-electron chi connectivity index (χ0n) is 52.3. The number of phenols is 1. The summed E-state index contributed by atoms with van der Waals surface area (Å²) in [6.45, 7) is 11.2. The van der Waals surface area contributed by atoms with Gasteiger partial charge in [-0.25, -0.2) is 0 Å². The highest BCUT2D eigenvalue weighted by atomic mass is 16.3. The number of benzene rings is 1. The van der Waals surface area contributed by atoms with Gasteiger partial charge in [0.1, 0.15) is 54.1 Å². The van der Waals surface area contributed by atoms with Gasteiger partial charge in [-0.15, -0.1) is 0 Å². The first-order chi connectivity index (χ1) is 41.4. The minimum atomic E-state index is -1.29. The lowest BCUT2D eigenvalue weighted by atomic mass is 10.0. The molecule has 0 aliphatic heterocycles. The Bertz CT molecular complexity index is 2350. The molecule has 22 N–H and O–H groups in total. The van der Waals surface area contributed by atoms with Gasteiger partial charge in [-0.2, -0.15) is 0 Å². The molecule has 87 heavy (non-hydrogen) atoms. The van der Waals surface area contributed by atoms with Crippen LogP contribution in [-0.2, 0) is 54.4 Å². The number of rotatable bonds is 47. The van der Waals surface area contributed by atoms with Crippen LogP contribution in [0.3, 0.4) is 0 Å². The van der Waals surface area contributed by atoms with Gasteiger partial charge in [-0.3, -0.25) is 57.9 Å². The van der Waals surface area contributed by atoms with Crippen LogP contribution in [0.4, 0.5) is 0 Å². The summed E-state index contributed by atoms with van der Waals surface area (Å²) in [5.41, 5.74) is 34.3. The Balaban J connectivity index is 3.45. The molecule has 9 atom stereocenters. The van der Waals surface area contributed by atoms with Crippen LogP contribution in [0.5, 0.6) is 5.75 Å². The molecule has 0 unspecified atom stereocenters. The summed E-state index contributed by atoms with van der Waals surface area (Å²) in [6.07, 6.45) is 8.95.